The van der Waals surface area contributed by atoms with Crippen molar-refractivity contribution in [1.82, 2.24) is 0 Å². The van der Waals surface area contributed by atoms with E-state index in [2.05, 4.69) is 36.8 Å². The van der Waals surface area contributed by atoms with Crippen LogP contribution in [0.25, 0.3) is 11.1 Å². The molecule has 4 aromatic carbocycles. The van der Waals surface area contributed by atoms with Gasteiger partial charge < -0.3 is 18.9 Å². The summed E-state index contributed by atoms with van der Waals surface area (Å²) in [6, 6.07) is 22.4. The summed E-state index contributed by atoms with van der Waals surface area (Å²) in [5.41, 5.74) is 1.43. The molecule has 0 atom stereocenters. The van der Waals surface area contributed by atoms with E-state index in [9.17, 15) is 29.8 Å². The lowest BCUT2D eigenvalue weighted by Gasteiger charge is -2.06. The molecule has 0 radical (unpaired) electrons. The molecule has 12 nitrogen and oxygen atoms in total. The minimum atomic E-state index is -0.604. The molecule has 12 heteroatoms. The lowest BCUT2D eigenvalue weighted by molar-refractivity contribution is -0.386. The first-order valence-electron chi connectivity index (χ1n) is 15.8. The second kappa shape index (κ2) is 19.1. The molecule has 0 bridgehead atoms. The third-order valence-electron chi connectivity index (χ3n) is 7.03. The Labute approximate surface area is 299 Å². The van der Waals surface area contributed by atoms with Crippen molar-refractivity contribution in [3.63, 3.8) is 0 Å². The molecule has 0 aliphatic carbocycles. The summed E-state index contributed by atoms with van der Waals surface area (Å²) < 4.78 is 21.0. The summed E-state index contributed by atoms with van der Waals surface area (Å²) in [6.07, 6.45) is 3.20. The molecule has 0 fully saturated rings. The molecule has 0 saturated heterocycles. The molecular formula is C40H32N2O10. The molecule has 52 heavy (non-hydrogen) atoms. The molecule has 0 spiro atoms. The highest BCUT2D eigenvalue weighted by molar-refractivity contribution is 5.82. The number of carbonyl (C=O) groups is 2. The largest absolute Gasteiger partial charge is 0.493 e. The van der Waals surface area contributed by atoms with Crippen molar-refractivity contribution >= 4 is 23.3 Å². The normalized spacial score (nSPS) is 9.92. The maximum Gasteiger partial charge on any atom is 0.330 e. The number of carbonyl (C=O) groups excluding carboxylic acids is 2. The number of nitrogens with zero attached hydrogens (tertiary/aromatic N) is 2. The number of ether oxygens (including phenoxy) is 4. The van der Waals surface area contributed by atoms with Crippen LogP contribution in [0.4, 0.5) is 11.4 Å². The average Bonchev–Trinajstić information content (AvgIpc) is 3.16. The first-order valence-corrected chi connectivity index (χ1v) is 15.8. The highest BCUT2D eigenvalue weighted by atomic mass is 16.6. The zero-order valence-corrected chi connectivity index (χ0v) is 27.9. The van der Waals surface area contributed by atoms with Gasteiger partial charge in [-0.05, 0) is 72.8 Å². The van der Waals surface area contributed by atoms with Crippen molar-refractivity contribution in [3.8, 4) is 46.3 Å². The van der Waals surface area contributed by atoms with Crippen molar-refractivity contribution in [1.29, 1.82) is 0 Å². The first kappa shape index (κ1) is 37.6. The van der Waals surface area contributed by atoms with Crippen molar-refractivity contribution in [3.05, 3.63) is 153 Å². The molecule has 0 aromatic heterocycles. The number of rotatable bonds is 15. The molecule has 4 rings (SSSR count). The smallest absolute Gasteiger partial charge is 0.330 e. The van der Waals surface area contributed by atoms with E-state index in [1.165, 1.54) is 24.3 Å². The van der Waals surface area contributed by atoms with Crippen LogP contribution in [0.3, 0.4) is 0 Å². The Morgan fingerprint density at radius 1 is 0.558 bits per heavy atom. The molecule has 0 amide bonds. The SMILES string of the molecule is C=CC(=O)OCCCOc1ccc(C#Cc2ccc(-c3ccc(C#Cc4ccc(OCCCOC(=O)C=C)cc4)cc3[N+](=O)[O-])c([N+](=O)[O-])c2)cc1. The summed E-state index contributed by atoms with van der Waals surface area (Å²) in [7, 11) is 0. The predicted molar refractivity (Wildman–Crippen MR) is 193 cm³/mol. The van der Waals surface area contributed by atoms with Crippen molar-refractivity contribution < 1.29 is 38.4 Å². The van der Waals surface area contributed by atoms with Gasteiger partial charge in [-0.2, -0.15) is 0 Å². The number of esters is 2. The Bertz CT molecular complexity index is 1930. The van der Waals surface area contributed by atoms with Gasteiger partial charge in [0.25, 0.3) is 11.4 Å². The number of nitro groups is 2. The number of hydrogen-bond acceptors (Lipinski definition) is 10. The number of hydrogen-bond donors (Lipinski definition) is 0. The third-order valence-corrected chi connectivity index (χ3v) is 7.03. The van der Waals surface area contributed by atoms with Gasteiger partial charge in [0.15, 0.2) is 0 Å². The van der Waals surface area contributed by atoms with Crippen LogP contribution < -0.4 is 9.47 Å². The molecule has 0 unspecified atom stereocenters. The van der Waals surface area contributed by atoms with E-state index in [0.29, 0.717) is 59.8 Å². The van der Waals surface area contributed by atoms with Gasteiger partial charge in [0.1, 0.15) is 11.5 Å². The van der Waals surface area contributed by atoms with Crippen LogP contribution in [0.1, 0.15) is 35.1 Å². The van der Waals surface area contributed by atoms with Crippen LogP contribution in [0.2, 0.25) is 0 Å². The average molecular weight is 701 g/mol. The fraction of sp³-hybridized carbons (Fsp3) is 0.150. The topological polar surface area (TPSA) is 157 Å². The minimum absolute atomic E-state index is 0.0666. The highest BCUT2D eigenvalue weighted by Crippen LogP contribution is 2.37. The van der Waals surface area contributed by atoms with E-state index in [0.717, 1.165) is 12.2 Å². The van der Waals surface area contributed by atoms with E-state index < -0.39 is 21.8 Å². The molecule has 0 aliphatic rings. The second-order valence-electron chi connectivity index (χ2n) is 10.7. The zero-order chi connectivity index (χ0) is 37.3. The van der Waals surface area contributed by atoms with Gasteiger partial charge in [-0.3, -0.25) is 20.2 Å². The Morgan fingerprint density at radius 3 is 1.25 bits per heavy atom. The second-order valence-corrected chi connectivity index (χ2v) is 10.7. The van der Waals surface area contributed by atoms with E-state index in [4.69, 9.17) is 18.9 Å². The van der Waals surface area contributed by atoms with E-state index >= 15 is 0 Å². The van der Waals surface area contributed by atoms with Crippen LogP contribution in [0, 0.1) is 43.9 Å². The molecule has 262 valence electrons. The van der Waals surface area contributed by atoms with Gasteiger partial charge in [-0.1, -0.05) is 36.8 Å². The van der Waals surface area contributed by atoms with Gasteiger partial charge >= 0.3 is 11.9 Å². The molecule has 4 aromatic rings. The zero-order valence-electron chi connectivity index (χ0n) is 27.9. The third kappa shape index (κ3) is 11.5. The molecular weight excluding hydrogens is 668 g/mol. The lowest BCUT2D eigenvalue weighted by Crippen LogP contribution is -2.06. The maximum absolute atomic E-state index is 12.1. The van der Waals surface area contributed by atoms with Gasteiger partial charge in [0, 0.05) is 59.4 Å². The Hall–Kier alpha value is -7.18. The summed E-state index contributed by atoms with van der Waals surface area (Å²) in [5, 5.41) is 24.2. The van der Waals surface area contributed by atoms with Crippen LogP contribution >= 0.6 is 0 Å². The fourth-order valence-corrected chi connectivity index (χ4v) is 4.50. The van der Waals surface area contributed by atoms with Crippen LogP contribution in [0.15, 0.2) is 110 Å². The minimum Gasteiger partial charge on any atom is -0.493 e. The van der Waals surface area contributed by atoms with Crippen LogP contribution in [-0.4, -0.2) is 48.2 Å². The molecule has 0 aliphatic heterocycles. The Kier molecular flexibility index (Phi) is 13.8. The summed E-state index contributed by atoms with van der Waals surface area (Å²) in [6.45, 7) is 7.77. The molecule has 0 saturated carbocycles. The Balaban J connectivity index is 1.43. The van der Waals surface area contributed by atoms with Gasteiger partial charge in [0.2, 0.25) is 0 Å². The van der Waals surface area contributed by atoms with Gasteiger partial charge in [0.05, 0.1) is 47.4 Å². The van der Waals surface area contributed by atoms with E-state index in [-0.39, 0.29) is 35.7 Å². The predicted octanol–water partition coefficient (Wildman–Crippen LogP) is 6.97. The van der Waals surface area contributed by atoms with Crippen molar-refractivity contribution in [2.45, 2.75) is 12.8 Å². The summed E-state index contributed by atoms with van der Waals surface area (Å²) in [4.78, 5) is 45.1. The van der Waals surface area contributed by atoms with Crippen molar-refractivity contribution in [2.24, 2.45) is 0 Å². The molecule has 0 N–H and O–H groups in total. The number of benzene rings is 4. The first-order chi connectivity index (χ1) is 25.2. The maximum atomic E-state index is 12.1. The quantitative estimate of drug-likeness (QED) is 0.0317. The standard InChI is InChI=1S/C40H32N2O10/c1-3-39(43)51-25-5-23-49-33-17-11-29(12-18-33)7-9-31-15-21-35(37(27-31)41(45)46)36-22-16-32(28-38(36)42(47)48)10-8-30-13-19-34(20-14-30)50-24-6-26-52-40(44)4-2/h3-4,11-22,27-28H,1-2,5-6,23-26H2. The molecule has 0 heterocycles. The fourth-order valence-electron chi connectivity index (χ4n) is 4.50. The van der Waals surface area contributed by atoms with E-state index in [1.807, 2.05) is 0 Å². The monoisotopic (exact) mass is 700 g/mol. The Morgan fingerprint density at radius 2 is 0.904 bits per heavy atom. The van der Waals surface area contributed by atoms with Crippen LogP contribution in [0.5, 0.6) is 11.5 Å². The number of nitro benzene ring substituents is 2. The van der Waals surface area contributed by atoms with Gasteiger partial charge in [-0.15, -0.1) is 0 Å². The van der Waals surface area contributed by atoms with Gasteiger partial charge in [-0.25, -0.2) is 9.59 Å². The van der Waals surface area contributed by atoms with E-state index in [1.54, 1.807) is 60.7 Å². The van der Waals surface area contributed by atoms with Crippen LogP contribution in [-0.2, 0) is 19.1 Å². The highest BCUT2D eigenvalue weighted by Gasteiger charge is 2.23. The lowest BCUT2D eigenvalue weighted by atomic mass is 9.98. The summed E-state index contributed by atoms with van der Waals surface area (Å²) in [5.74, 6) is 11.9. The van der Waals surface area contributed by atoms with Crippen molar-refractivity contribution in [2.75, 3.05) is 26.4 Å². The summed E-state index contributed by atoms with van der Waals surface area (Å²) >= 11 is 0.